The van der Waals surface area contributed by atoms with E-state index in [1.54, 1.807) is 30.3 Å². The molecule has 0 fully saturated rings. The highest BCUT2D eigenvalue weighted by molar-refractivity contribution is 6.01. The van der Waals surface area contributed by atoms with E-state index in [4.69, 9.17) is 5.73 Å². The van der Waals surface area contributed by atoms with E-state index in [1.165, 1.54) is 11.9 Å². The number of benzene rings is 1. The number of carbonyl (C=O) groups excluding carboxylic acids is 3. The molecular formula is C13H17N3O3. The highest BCUT2D eigenvalue weighted by atomic mass is 16.2. The number of hydrogen-bond donors (Lipinski definition) is 2. The highest BCUT2D eigenvalue weighted by Gasteiger charge is 2.23. The van der Waals surface area contributed by atoms with Crippen molar-refractivity contribution in [1.29, 1.82) is 0 Å². The van der Waals surface area contributed by atoms with Gasteiger partial charge >= 0.3 is 0 Å². The monoisotopic (exact) mass is 263 g/mol. The van der Waals surface area contributed by atoms with E-state index in [0.29, 0.717) is 12.0 Å². The molecule has 3 N–H and O–H groups in total. The zero-order valence-electron chi connectivity index (χ0n) is 10.7. The average Bonchev–Trinajstić information content (AvgIpc) is 2.44. The Morgan fingerprint density at radius 1 is 1.37 bits per heavy atom. The third kappa shape index (κ3) is 4.18. The first kappa shape index (κ1) is 14.8. The minimum absolute atomic E-state index is 0.0930. The summed E-state index contributed by atoms with van der Waals surface area (Å²) in [5.41, 5.74) is 6.27. The van der Waals surface area contributed by atoms with Gasteiger partial charge in [-0.1, -0.05) is 18.2 Å². The van der Waals surface area contributed by atoms with Crippen molar-refractivity contribution < 1.29 is 14.4 Å². The Morgan fingerprint density at radius 3 is 2.53 bits per heavy atom. The summed E-state index contributed by atoms with van der Waals surface area (Å²) in [5, 5.41) is 2.40. The Balaban J connectivity index is 2.84. The average molecular weight is 263 g/mol. The topological polar surface area (TPSA) is 92.5 Å². The Labute approximate surface area is 111 Å². The van der Waals surface area contributed by atoms with Crippen LogP contribution in [0.1, 0.15) is 6.42 Å². The number of para-hydroxylation sites is 1. The third-order valence-corrected chi connectivity index (χ3v) is 2.59. The first-order valence-corrected chi connectivity index (χ1v) is 5.86. The normalized spacial score (nSPS) is 11.5. The van der Waals surface area contributed by atoms with E-state index < -0.39 is 11.9 Å². The minimum Gasteiger partial charge on any atom is -0.359 e. The van der Waals surface area contributed by atoms with Crippen LogP contribution in [0.25, 0.3) is 0 Å². The van der Waals surface area contributed by atoms with Crippen molar-refractivity contribution in [1.82, 2.24) is 5.32 Å². The fourth-order valence-corrected chi connectivity index (χ4v) is 1.59. The molecule has 1 atom stereocenters. The standard InChI is InChI=1S/C13H17N3O3/c1-15-12(18)9-11(14)13(19)16(7-8-17)10-5-3-2-4-6-10/h2-6,8,11H,7,9,14H2,1H3,(H,15,18). The predicted molar refractivity (Wildman–Crippen MR) is 71.5 cm³/mol. The van der Waals surface area contributed by atoms with Crippen molar-refractivity contribution in [2.45, 2.75) is 12.5 Å². The molecule has 1 aromatic rings. The van der Waals surface area contributed by atoms with Gasteiger partial charge in [0.25, 0.3) is 0 Å². The molecule has 0 aliphatic rings. The summed E-state index contributed by atoms with van der Waals surface area (Å²) >= 11 is 0. The molecule has 102 valence electrons. The van der Waals surface area contributed by atoms with Crippen LogP contribution in [0.4, 0.5) is 5.69 Å². The molecular weight excluding hydrogens is 246 g/mol. The van der Waals surface area contributed by atoms with Crippen LogP contribution < -0.4 is 16.0 Å². The SMILES string of the molecule is CNC(=O)CC(N)C(=O)N(CC=O)c1ccccc1. The first-order chi connectivity index (χ1) is 9.10. The molecule has 2 amide bonds. The number of nitrogens with zero attached hydrogens (tertiary/aromatic N) is 1. The van der Waals surface area contributed by atoms with Crippen molar-refractivity contribution in [3.8, 4) is 0 Å². The Hall–Kier alpha value is -2.21. The van der Waals surface area contributed by atoms with Crippen LogP contribution in [0.15, 0.2) is 30.3 Å². The van der Waals surface area contributed by atoms with Gasteiger partial charge in [0.05, 0.1) is 19.0 Å². The van der Waals surface area contributed by atoms with Gasteiger partial charge in [0, 0.05) is 12.7 Å². The van der Waals surface area contributed by atoms with Gasteiger partial charge in [-0.15, -0.1) is 0 Å². The summed E-state index contributed by atoms with van der Waals surface area (Å²) in [6, 6.07) is 7.75. The molecule has 0 aromatic heterocycles. The fourth-order valence-electron chi connectivity index (χ4n) is 1.59. The number of aldehydes is 1. The molecule has 0 saturated carbocycles. The second kappa shape index (κ2) is 7.27. The number of nitrogens with one attached hydrogen (secondary N) is 1. The zero-order valence-corrected chi connectivity index (χ0v) is 10.7. The van der Waals surface area contributed by atoms with Gasteiger partial charge < -0.3 is 20.7 Å². The highest BCUT2D eigenvalue weighted by Crippen LogP contribution is 2.14. The van der Waals surface area contributed by atoms with E-state index in [9.17, 15) is 14.4 Å². The van der Waals surface area contributed by atoms with Crippen molar-refractivity contribution in [2.75, 3.05) is 18.5 Å². The number of anilines is 1. The molecule has 0 saturated heterocycles. The smallest absolute Gasteiger partial charge is 0.244 e. The number of rotatable bonds is 6. The lowest BCUT2D eigenvalue weighted by molar-refractivity contribution is -0.126. The Kier molecular flexibility index (Phi) is 5.69. The largest absolute Gasteiger partial charge is 0.359 e. The molecule has 0 aliphatic heterocycles. The second-order valence-electron chi connectivity index (χ2n) is 3.93. The number of hydrogen-bond acceptors (Lipinski definition) is 4. The quantitative estimate of drug-likeness (QED) is 0.688. The van der Waals surface area contributed by atoms with Crippen LogP contribution in [0.3, 0.4) is 0 Å². The summed E-state index contributed by atoms with van der Waals surface area (Å²) in [5.74, 6) is -0.776. The maximum absolute atomic E-state index is 12.1. The van der Waals surface area contributed by atoms with Gasteiger partial charge in [-0.05, 0) is 12.1 Å². The lowest BCUT2D eigenvalue weighted by Gasteiger charge is -2.23. The van der Waals surface area contributed by atoms with E-state index in [-0.39, 0.29) is 18.9 Å². The van der Waals surface area contributed by atoms with Crippen molar-refractivity contribution >= 4 is 23.8 Å². The summed E-state index contributed by atoms with van der Waals surface area (Å²) in [6.45, 7) is -0.0930. The van der Waals surface area contributed by atoms with Crippen molar-refractivity contribution in [3.05, 3.63) is 30.3 Å². The molecule has 0 heterocycles. The van der Waals surface area contributed by atoms with Crippen molar-refractivity contribution in [3.63, 3.8) is 0 Å². The molecule has 0 bridgehead atoms. The maximum Gasteiger partial charge on any atom is 0.244 e. The summed E-state index contributed by atoms with van der Waals surface area (Å²) in [6.07, 6.45) is 0.509. The Morgan fingerprint density at radius 2 is 2.00 bits per heavy atom. The maximum atomic E-state index is 12.1. The molecule has 1 unspecified atom stereocenters. The van der Waals surface area contributed by atoms with Crippen LogP contribution in [-0.2, 0) is 14.4 Å². The lowest BCUT2D eigenvalue weighted by Crippen LogP contribution is -2.46. The lowest BCUT2D eigenvalue weighted by atomic mass is 10.1. The van der Waals surface area contributed by atoms with Crippen molar-refractivity contribution in [2.24, 2.45) is 5.73 Å². The summed E-state index contributed by atoms with van der Waals surface area (Å²) in [4.78, 5) is 35.3. The number of carbonyl (C=O) groups is 3. The molecule has 1 rings (SSSR count). The molecule has 0 aliphatic carbocycles. The van der Waals surface area contributed by atoms with Gasteiger partial charge in [-0.2, -0.15) is 0 Å². The Bertz CT molecular complexity index is 448. The van der Waals surface area contributed by atoms with Crippen LogP contribution in [0.5, 0.6) is 0 Å². The van der Waals surface area contributed by atoms with E-state index in [2.05, 4.69) is 5.32 Å². The summed E-state index contributed by atoms with van der Waals surface area (Å²) in [7, 11) is 1.47. The van der Waals surface area contributed by atoms with Gasteiger partial charge in [0.15, 0.2) is 0 Å². The fraction of sp³-hybridized carbons (Fsp3) is 0.308. The molecule has 19 heavy (non-hydrogen) atoms. The van der Waals surface area contributed by atoms with E-state index in [0.717, 1.165) is 0 Å². The van der Waals surface area contributed by atoms with E-state index in [1.807, 2.05) is 0 Å². The van der Waals surface area contributed by atoms with Crippen LogP contribution in [0.2, 0.25) is 0 Å². The molecule has 0 spiro atoms. The molecule has 0 radical (unpaired) electrons. The number of nitrogens with two attached hydrogens (primary N) is 1. The van der Waals surface area contributed by atoms with Crippen LogP contribution in [0, 0.1) is 0 Å². The predicted octanol–water partition coefficient (Wildman–Crippen LogP) is -0.318. The van der Waals surface area contributed by atoms with Gasteiger partial charge in [0.1, 0.15) is 6.29 Å². The van der Waals surface area contributed by atoms with Gasteiger partial charge in [0.2, 0.25) is 11.8 Å². The van der Waals surface area contributed by atoms with Gasteiger partial charge in [-0.3, -0.25) is 9.59 Å². The number of amides is 2. The van der Waals surface area contributed by atoms with E-state index >= 15 is 0 Å². The third-order valence-electron chi connectivity index (χ3n) is 2.59. The molecule has 6 nitrogen and oxygen atoms in total. The molecule has 1 aromatic carbocycles. The summed E-state index contributed by atoms with van der Waals surface area (Å²) < 4.78 is 0. The molecule has 6 heteroatoms. The van der Waals surface area contributed by atoms with Gasteiger partial charge in [-0.25, -0.2) is 0 Å². The zero-order chi connectivity index (χ0) is 14.3. The second-order valence-corrected chi connectivity index (χ2v) is 3.93. The first-order valence-electron chi connectivity index (χ1n) is 5.86. The van der Waals surface area contributed by atoms with Crippen LogP contribution >= 0.6 is 0 Å². The van der Waals surface area contributed by atoms with Crippen LogP contribution in [-0.4, -0.2) is 37.7 Å². The minimum atomic E-state index is -0.972.